The minimum absolute atomic E-state index is 0.0561. The van der Waals surface area contributed by atoms with E-state index in [1.54, 1.807) is 30.5 Å². The van der Waals surface area contributed by atoms with Crippen LogP contribution in [0.25, 0.3) is 0 Å². The number of dihydropyridines is 2. The molecule has 0 spiro atoms. The fraction of sp³-hybridized carbons (Fsp3) is 0.372. The van der Waals surface area contributed by atoms with E-state index in [1.165, 1.54) is 26.3 Å². The molecule has 0 radical (unpaired) electrons. The molecule has 0 bridgehead atoms. The Kier molecular flexibility index (Phi) is 12.7. The van der Waals surface area contributed by atoms with Crippen molar-refractivity contribution in [2.24, 2.45) is 28.1 Å². The molecule has 14 N–H and O–H groups in total. The number of rotatable bonds is 14. The zero-order valence-corrected chi connectivity index (χ0v) is 34.4. The maximum Gasteiger partial charge on any atom is 0.253 e. The minimum atomic E-state index is -2.43. The number of imide groups is 1. The van der Waals surface area contributed by atoms with Crippen molar-refractivity contribution in [2.75, 3.05) is 33.9 Å². The second-order valence-corrected chi connectivity index (χ2v) is 15.7. The molecule has 1 unspecified atom stereocenters. The van der Waals surface area contributed by atoms with Gasteiger partial charge in [0.2, 0.25) is 12.1 Å². The molecule has 334 valence electrons. The number of nitrogens with two attached hydrogens (primary N) is 3. The molecule has 4 heterocycles. The molecule has 0 aromatic heterocycles. The van der Waals surface area contributed by atoms with Crippen LogP contribution in [0.3, 0.4) is 0 Å². The summed E-state index contributed by atoms with van der Waals surface area (Å²) in [6.07, 6.45) is 3.17. The first-order chi connectivity index (χ1) is 30.1. The fourth-order valence-corrected chi connectivity index (χ4v) is 8.35. The van der Waals surface area contributed by atoms with Crippen molar-refractivity contribution in [2.45, 2.75) is 62.2 Å². The molecule has 0 saturated carbocycles. The monoisotopic (exact) mass is 870 g/mol. The molecule has 1 saturated heterocycles. The van der Waals surface area contributed by atoms with Gasteiger partial charge >= 0.3 is 0 Å². The second-order valence-electron chi connectivity index (χ2n) is 15.7. The van der Waals surface area contributed by atoms with E-state index in [1.807, 2.05) is 6.08 Å². The number of aliphatic hydroxyl groups is 4. The normalized spacial score (nSPS) is 26.0. The van der Waals surface area contributed by atoms with E-state index in [0.717, 1.165) is 22.6 Å². The number of nitrogens with zero attached hydrogens (tertiary/aromatic N) is 2. The number of aromatic hydroxyl groups is 1. The van der Waals surface area contributed by atoms with Gasteiger partial charge in [0.15, 0.2) is 11.7 Å². The van der Waals surface area contributed by atoms with Crippen LogP contribution in [-0.4, -0.2) is 130 Å². The van der Waals surface area contributed by atoms with Crippen molar-refractivity contribution in [1.82, 2.24) is 20.9 Å². The van der Waals surface area contributed by atoms with Crippen LogP contribution >= 0.6 is 0 Å². The fourth-order valence-electron chi connectivity index (χ4n) is 8.35. The summed E-state index contributed by atoms with van der Waals surface area (Å²) in [4.78, 5) is 59.1. The van der Waals surface area contributed by atoms with Gasteiger partial charge in [-0.2, -0.15) is 0 Å². The van der Waals surface area contributed by atoms with Gasteiger partial charge in [-0.3, -0.25) is 29.1 Å². The Morgan fingerprint density at radius 3 is 2.46 bits per heavy atom. The SMILES string of the molecule is CN=C(N)NCc1c(CCC2=CNC(N)C=C2)cc2c(c1O)C(=O)c1c(O[C@@H]3O[C@H](CO)[C@](O)(C[C@H](CN4C(=O)C=CC4=O)C4=CCNC(N)=C4)[C@H](O)[C@H]3O)cc(OC)cc1C2=O. The zero-order chi connectivity index (χ0) is 45.3. The summed E-state index contributed by atoms with van der Waals surface area (Å²) in [6, 6.07) is 4.12. The summed E-state index contributed by atoms with van der Waals surface area (Å²) < 4.78 is 17.5. The van der Waals surface area contributed by atoms with Crippen LogP contribution < -0.4 is 42.6 Å². The Bertz CT molecular complexity index is 2390. The number of benzene rings is 2. The molecule has 2 aromatic rings. The number of phenols is 1. The highest BCUT2D eigenvalue weighted by Gasteiger charge is 2.57. The number of allylic oxidation sites excluding steroid dienone is 3. The number of aliphatic hydroxyl groups excluding tert-OH is 3. The van der Waals surface area contributed by atoms with Gasteiger partial charge in [0.05, 0.1) is 36.8 Å². The molecule has 5 aliphatic rings. The summed E-state index contributed by atoms with van der Waals surface area (Å²) in [5, 5.41) is 66.7. The number of hydrogen-bond acceptors (Lipinski definition) is 17. The lowest BCUT2D eigenvalue weighted by Gasteiger charge is -2.49. The van der Waals surface area contributed by atoms with Gasteiger partial charge in [-0.25, -0.2) is 0 Å². The van der Waals surface area contributed by atoms with E-state index >= 15 is 0 Å². The van der Waals surface area contributed by atoms with Crippen LogP contribution in [0.2, 0.25) is 0 Å². The standard InChI is InChI=1S/C43H50N8O12/c1-47-42(46)50-17-27-22(5-3-20-4-6-30(44)49-16-20)11-25-35(37(27)56)38(57)34-26(36(25)55)13-24(61-2)14-28(34)62-41-39(58)40(59)43(60,29(19-52)63-41)15-23(21-9-10-48-31(45)12-21)18-51-32(53)7-8-33(51)54/h4,6-9,11-14,16,23,29-30,39-41,48-49,52,56,58-60H,3,5,10,15,17-19,44-45H2,1-2H3,(H3,46,47,50)/t23-,29-,30?,39-,40-,41-,43-/m1/s1. The lowest BCUT2D eigenvalue weighted by molar-refractivity contribution is -0.316. The number of nitrogens with one attached hydrogen (secondary N) is 3. The average Bonchev–Trinajstić information content (AvgIpc) is 3.59. The molecule has 63 heavy (non-hydrogen) atoms. The number of aliphatic imine (C=N–C) groups is 1. The summed E-state index contributed by atoms with van der Waals surface area (Å²) in [5.74, 6) is -4.04. The van der Waals surface area contributed by atoms with Gasteiger partial charge in [-0.1, -0.05) is 12.2 Å². The molecule has 20 nitrogen and oxygen atoms in total. The molecule has 20 heteroatoms. The van der Waals surface area contributed by atoms with Crippen LogP contribution in [0.4, 0.5) is 0 Å². The Labute approximate surface area is 361 Å². The lowest BCUT2D eigenvalue weighted by Crippen LogP contribution is -2.68. The van der Waals surface area contributed by atoms with Crippen LogP contribution in [0.1, 0.15) is 55.8 Å². The maximum atomic E-state index is 14.6. The first kappa shape index (κ1) is 44.5. The van der Waals surface area contributed by atoms with E-state index in [2.05, 4.69) is 20.9 Å². The predicted octanol–water partition coefficient (Wildman–Crippen LogP) is -1.72. The quantitative estimate of drug-likeness (QED) is 0.0488. The number of fused-ring (bicyclic) bond motifs is 2. The topological polar surface area (TPSA) is 327 Å². The van der Waals surface area contributed by atoms with Gasteiger partial charge in [-0.05, 0) is 60.3 Å². The highest BCUT2D eigenvalue weighted by Crippen LogP contribution is 2.44. The molecule has 4 aliphatic heterocycles. The van der Waals surface area contributed by atoms with E-state index in [4.69, 9.17) is 31.4 Å². The van der Waals surface area contributed by atoms with E-state index in [-0.39, 0.29) is 76.9 Å². The maximum absolute atomic E-state index is 14.6. The summed E-state index contributed by atoms with van der Waals surface area (Å²) in [7, 11) is 2.78. The Hall–Kier alpha value is -6.55. The van der Waals surface area contributed by atoms with Gasteiger partial charge < -0.3 is 72.9 Å². The smallest absolute Gasteiger partial charge is 0.253 e. The number of amides is 2. The van der Waals surface area contributed by atoms with Crippen molar-refractivity contribution < 1.29 is 58.9 Å². The molecule has 1 aliphatic carbocycles. The number of ether oxygens (including phenoxy) is 3. The first-order valence-electron chi connectivity index (χ1n) is 20.1. The lowest BCUT2D eigenvalue weighted by atomic mass is 9.75. The van der Waals surface area contributed by atoms with Crippen molar-refractivity contribution in [3.8, 4) is 17.2 Å². The van der Waals surface area contributed by atoms with Crippen molar-refractivity contribution in [3.05, 3.63) is 111 Å². The Balaban J connectivity index is 1.21. The van der Waals surface area contributed by atoms with Crippen molar-refractivity contribution in [3.63, 3.8) is 0 Å². The van der Waals surface area contributed by atoms with Crippen LogP contribution in [0.15, 0.2) is 82.8 Å². The Morgan fingerprint density at radius 2 is 1.81 bits per heavy atom. The highest BCUT2D eigenvalue weighted by molar-refractivity contribution is 6.30. The zero-order valence-electron chi connectivity index (χ0n) is 34.4. The average molecular weight is 871 g/mol. The van der Waals surface area contributed by atoms with Crippen LogP contribution in [0.5, 0.6) is 17.2 Å². The summed E-state index contributed by atoms with van der Waals surface area (Å²) >= 11 is 0. The van der Waals surface area contributed by atoms with Gasteiger partial charge in [0.25, 0.3) is 11.8 Å². The number of carbonyl (C=O) groups excluding carboxylic acids is 4. The third-order valence-electron chi connectivity index (χ3n) is 11.8. The summed E-state index contributed by atoms with van der Waals surface area (Å²) in [6.45, 7) is -0.978. The number of ketones is 2. The third-order valence-corrected chi connectivity index (χ3v) is 11.8. The van der Waals surface area contributed by atoms with E-state index in [9.17, 15) is 44.7 Å². The highest BCUT2D eigenvalue weighted by atomic mass is 16.7. The minimum Gasteiger partial charge on any atom is -0.507 e. The van der Waals surface area contributed by atoms with Crippen molar-refractivity contribution in [1.29, 1.82) is 0 Å². The van der Waals surface area contributed by atoms with Crippen LogP contribution in [-0.2, 0) is 27.3 Å². The van der Waals surface area contributed by atoms with E-state index in [0.29, 0.717) is 24.0 Å². The van der Waals surface area contributed by atoms with Gasteiger partial charge in [0, 0.05) is 73.7 Å². The second kappa shape index (κ2) is 18.0. The number of carbonyl (C=O) groups is 4. The number of methoxy groups -OCH3 is 1. The number of phenolic OH excluding ortho intramolecular Hbond substituents is 1. The largest absolute Gasteiger partial charge is 0.507 e. The molecule has 2 amide bonds. The first-order valence-corrected chi connectivity index (χ1v) is 20.1. The number of aryl methyl sites for hydroxylation is 1. The van der Waals surface area contributed by atoms with Crippen LogP contribution in [0, 0.1) is 5.92 Å². The molecular formula is C43H50N8O12. The molecule has 7 rings (SSSR count). The van der Waals surface area contributed by atoms with Gasteiger partial charge in [0.1, 0.15) is 41.2 Å². The van der Waals surface area contributed by atoms with Gasteiger partial charge in [-0.15, -0.1) is 0 Å². The summed E-state index contributed by atoms with van der Waals surface area (Å²) in [5.41, 5.74) is 16.7. The predicted molar refractivity (Wildman–Crippen MR) is 225 cm³/mol. The number of guanidine groups is 1. The molecule has 7 atom stereocenters. The third kappa shape index (κ3) is 8.63. The number of hydrogen-bond donors (Lipinski definition) is 11. The molecule has 2 aromatic carbocycles. The Morgan fingerprint density at radius 1 is 1.08 bits per heavy atom. The van der Waals surface area contributed by atoms with E-state index < -0.39 is 78.3 Å². The molecular weight excluding hydrogens is 821 g/mol. The molecule has 1 fully saturated rings. The van der Waals surface area contributed by atoms with Crippen molar-refractivity contribution >= 4 is 29.3 Å².